The van der Waals surface area contributed by atoms with E-state index in [2.05, 4.69) is 20.5 Å². The SMILES string of the molecule is O=[N+]([O-])c1ccc(N=Nc2c([O-])ccc3ccccc23)c([O-])c1.[Cr+3].[H+].[H+].[NH-]c1cc(N)c(S(=O)(=O)[O-])cc1N=Nc1cc([N+](=O)[O-])ccc1[O-]. The number of hydrogen-bond donors (Lipinski definition) is 1. The zero-order chi connectivity index (χ0) is 34.5. The molecule has 20 heteroatoms. The summed E-state index contributed by atoms with van der Waals surface area (Å²) in [6.45, 7) is 0. The Hall–Kier alpha value is -6.20. The van der Waals surface area contributed by atoms with Crippen molar-refractivity contribution in [2.45, 2.75) is 4.90 Å². The van der Waals surface area contributed by atoms with Crippen LogP contribution in [-0.2, 0) is 27.5 Å². The number of hydrogen-bond acceptors (Lipinski definition) is 15. The van der Waals surface area contributed by atoms with Crippen molar-refractivity contribution in [3.05, 3.63) is 111 Å². The molecule has 5 rings (SSSR count). The third-order valence-corrected chi connectivity index (χ3v) is 6.98. The van der Waals surface area contributed by atoms with Gasteiger partial charge in [-0.05, 0) is 17.5 Å². The Morgan fingerprint density at radius 2 is 1.27 bits per heavy atom. The average Bonchev–Trinajstić information content (AvgIpc) is 3.01. The first-order valence-corrected chi connectivity index (χ1v) is 14.1. The minimum atomic E-state index is -4.89. The second kappa shape index (κ2) is 14.9. The quantitative estimate of drug-likeness (QED) is 0.0692. The molecule has 0 aromatic heterocycles. The van der Waals surface area contributed by atoms with Gasteiger partial charge in [0.15, 0.2) is 0 Å². The van der Waals surface area contributed by atoms with E-state index in [4.69, 9.17) is 11.5 Å². The Bertz CT molecular complexity index is 2230. The Morgan fingerprint density at radius 1 is 0.688 bits per heavy atom. The van der Waals surface area contributed by atoms with E-state index < -0.39 is 47.7 Å². The summed E-state index contributed by atoms with van der Waals surface area (Å²) >= 11 is 0. The molecule has 0 aliphatic rings. The van der Waals surface area contributed by atoms with Gasteiger partial charge < -0.3 is 31.3 Å². The van der Waals surface area contributed by atoms with E-state index in [9.17, 15) is 48.5 Å². The van der Waals surface area contributed by atoms with Crippen molar-refractivity contribution in [3.8, 4) is 17.2 Å². The van der Waals surface area contributed by atoms with Crippen LogP contribution in [-0.4, -0.2) is 22.8 Å². The fourth-order valence-electron chi connectivity index (χ4n) is 3.83. The molecule has 0 spiro atoms. The van der Waals surface area contributed by atoms with Gasteiger partial charge in [-0.2, -0.15) is 20.5 Å². The molecule has 18 nitrogen and oxygen atoms in total. The second-order valence-corrected chi connectivity index (χ2v) is 10.6. The van der Waals surface area contributed by atoms with Gasteiger partial charge in [-0.25, -0.2) is 8.42 Å². The van der Waals surface area contributed by atoms with Crippen LogP contribution in [0.5, 0.6) is 17.2 Å². The fourth-order valence-corrected chi connectivity index (χ4v) is 4.43. The number of benzene rings is 5. The van der Waals surface area contributed by atoms with E-state index >= 15 is 0 Å². The standard InChI is InChI=1S/C16H11N3O4.C12H10N5O6S.Cr/c20-14-8-5-10-3-1-2-4-12(10)16(14)18-17-13-7-6-11(19(22)23)9-15(13)21;13-7-4-8(14)12(24(21,22)23)5-9(7)15-16-10-3-6(17(19)20)1-2-11(10)18;/h1-9,20-21H;1-5H,(H5-,13,14,15,16,18,21,22,23);/q;-1;+3/p-2. The van der Waals surface area contributed by atoms with Crippen LogP contribution in [0.25, 0.3) is 16.5 Å². The third-order valence-electron chi connectivity index (χ3n) is 6.09. The van der Waals surface area contributed by atoms with Gasteiger partial charge in [-0.3, -0.25) is 20.2 Å². The monoisotopic (exact) mass is 711 g/mol. The number of nitrogens with two attached hydrogens (primary N) is 1. The van der Waals surface area contributed by atoms with Crippen LogP contribution in [0.1, 0.15) is 2.85 Å². The summed E-state index contributed by atoms with van der Waals surface area (Å²) < 4.78 is 33.2. The molecule has 0 amide bonds. The molecule has 3 N–H and O–H groups in total. The van der Waals surface area contributed by atoms with Crippen LogP contribution in [0, 0.1) is 20.2 Å². The molecule has 0 heterocycles. The number of nitro groups is 2. The normalized spacial score (nSPS) is 11.2. The molecular formula is C28H19CrN8O10S. The van der Waals surface area contributed by atoms with E-state index in [1.807, 2.05) is 12.1 Å². The Balaban J connectivity index is 0.000000472. The number of nitrogen functional groups attached to an aromatic ring is 1. The maximum absolute atomic E-state index is 12.0. The van der Waals surface area contributed by atoms with Crippen molar-refractivity contribution in [1.29, 1.82) is 0 Å². The van der Waals surface area contributed by atoms with Crippen LogP contribution in [0.2, 0.25) is 0 Å². The molecule has 0 saturated carbocycles. The molecule has 0 atom stereocenters. The third kappa shape index (κ3) is 8.53. The maximum Gasteiger partial charge on any atom is 3.00 e. The Kier molecular flexibility index (Phi) is 11.3. The van der Waals surface area contributed by atoms with Crippen LogP contribution in [0.4, 0.5) is 45.5 Å². The zero-order valence-electron chi connectivity index (χ0n) is 25.7. The van der Waals surface area contributed by atoms with Gasteiger partial charge in [0, 0.05) is 35.3 Å². The number of anilines is 1. The zero-order valence-corrected chi connectivity index (χ0v) is 25.8. The smallest absolute Gasteiger partial charge is 0.871 e. The van der Waals surface area contributed by atoms with Gasteiger partial charge in [-0.15, -0.1) is 5.69 Å². The van der Waals surface area contributed by atoms with Gasteiger partial charge >= 0.3 is 20.2 Å². The van der Waals surface area contributed by atoms with Gasteiger partial charge in [0.1, 0.15) is 10.1 Å². The first-order chi connectivity index (χ1) is 22.1. The van der Waals surface area contributed by atoms with Crippen molar-refractivity contribution in [1.82, 2.24) is 0 Å². The predicted molar refractivity (Wildman–Crippen MR) is 162 cm³/mol. The molecule has 48 heavy (non-hydrogen) atoms. The second-order valence-electron chi connectivity index (χ2n) is 9.21. The van der Waals surface area contributed by atoms with E-state index in [-0.39, 0.29) is 60.1 Å². The number of azo groups is 2. The van der Waals surface area contributed by atoms with Crippen molar-refractivity contribution in [3.63, 3.8) is 0 Å². The molecule has 0 saturated heterocycles. The average molecular weight is 712 g/mol. The molecule has 0 unspecified atom stereocenters. The molecule has 5 aromatic carbocycles. The molecular weight excluding hydrogens is 692 g/mol. The molecule has 243 valence electrons. The van der Waals surface area contributed by atoms with E-state index in [0.29, 0.717) is 5.39 Å². The summed E-state index contributed by atoms with van der Waals surface area (Å²) in [5.41, 5.74) is 10.8. The van der Waals surface area contributed by atoms with Crippen LogP contribution in [0.15, 0.2) is 110 Å². The number of nitrogens with zero attached hydrogens (tertiary/aromatic N) is 6. The van der Waals surface area contributed by atoms with E-state index in [0.717, 1.165) is 47.9 Å². The summed E-state index contributed by atoms with van der Waals surface area (Å²) in [7, 11) is -4.89. The number of fused-ring (bicyclic) bond motifs is 1. The molecule has 0 fully saturated rings. The van der Waals surface area contributed by atoms with Crippen molar-refractivity contribution in [2.24, 2.45) is 20.5 Å². The maximum atomic E-state index is 12.0. The van der Waals surface area contributed by atoms with Gasteiger partial charge in [0.05, 0.1) is 37.5 Å². The summed E-state index contributed by atoms with van der Waals surface area (Å²) in [6.07, 6.45) is 0. The summed E-state index contributed by atoms with van der Waals surface area (Å²) in [5.74, 6) is -1.61. The van der Waals surface area contributed by atoms with Crippen LogP contribution < -0.4 is 21.1 Å². The Labute approximate surface area is 283 Å². The van der Waals surface area contributed by atoms with Gasteiger partial charge in [0.2, 0.25) is 0 Å². The van der Waals surface area contributed by atoms with Crippen molar-refractivity contribution >= 4 is 66.4 Å². The predicted octanol–water partition coefficient (Wildman–Crippen LogP) is 5.79. The minimum Gasteiger partial charge on any atom is -0.871 e. The van der Waals surface area contributed by atoms with Gasteiger partial charge in [-0.1, -0.05) is 65.8 Å². The Morgan fingerprint density at radius 3 is 1.92 bits per heavy atom. The molecule has 5 aromatic rings. The fraction of sp³-hybridized carbons (Fsp3) is 0. The van der Waals surface area contributed by atoms with Crippen LogP contribution in [0.3, 0.4) is 0 Å². The number of rotatable bonds is 7. The largest absolute Gasteiger partial charge is 3.00 e. The molecule has 0 aliphatic carbocycles. The number of nitrogens with one attached hydrogen (secondary N) is 1. The van der Waals surface area contributed by atoms with Crippen LogP contribution >= 0.6 is 0 Å². The van der Waals surface area contributed by atoms with Gasteiger partial charge in [0.25, 0.3) is 11.4 Å². The van der Waals surface area contributed by atoms with Crippen molar-refractivity contribution < 1.29 is 58.4 Å². The number of nitro benzene ring substituents is 2. The first kappa shape index (κ1) is 36.3. The minimum absolute atomic E-state index is 0. The van der Waals surface area contributed by atoms with Crippen molar-refractivity contribution in [2.75, 3.05) is 5.73 Å². The summed E-state index contributed by atoms with van der Waals surface area (Å²) in [5, 5.41) is 72.7. The van der Waals surface area contributed by atoms with E-state index in [1.165, 1.54) is 12.1 Å². The molecule has 0 aliphatic heterocycles. The summed E-state index contributed by atoms with van der Waals surface area (Å²) in [4.78, 5) is 19.1. The van der Waals surface area contributed by atoms with E-state index in [1.54, 1.807) is 18.2 Å². The first-order valence-electron chi connectivity index (χ1n) is 12.7. The topological polar surface area (TPSA) is 312 Å². The molecule has 0 bridgehead atoms. The number of non-ortho nitro benzene ring substituents is 2. The summed E-state index contributed by atoms with van der Waals surface area (Å²) in [6, 6.07) is 17.9. The molecule has 1 radical (unpaired) electrons.